The van der Waals surface area contributed by atoms with Crippen molar-refractivity contribution in [1.82, 2.24) is 10.2 Å². The van der Waals surface area contributed by atoms with Crippen LogP contribution in [-0.2, 0) is 4.79 Å². The van der Waals surface area contributed by atoms with Crippen LogP contribution in [-0.4, -0.2) is 29.3 Å². The molecule has 0 aliphatic rings. The van der Waals surface area contributed by atoms with Crippen molar-refractivity contribution in [2.45, 2.75) is 20.8 Å². The lowest BCUT2D eigenvalue weighted by molar-refractivity contribution is -0.112. The zero-order valence-corrected chi connectivity index (χ0v) is 18.3. The molecular weight excluding hydrogens is 412 g/mol. The van der Waals surface area contributed by atoms with Crippen LogP contribution >= 0.6 is 11.3 Å². The Morgan fingerprint density at radius 3 is 2.26 bits per heavy atom. The average Bonchev–Trinajstić information content (AvgIpc) is 3.14. The molecule has 0 fully saturated rings. The summed E-state index contributed by atoms with van der Waals surface area (Å²) in [6.45, 7) is 6.67. The van der Waals surface area contributed by atoms with Crippen LogP contribution in [0.5, 0.6) is 11.5 Å². The fraction of sp³-hybridized carbons (Fsp3) is 0.217. The Morgan fingerprint density at radius 2 is 1.68 bits per heavy atom. The number of nitriles is 1. The molecule has 2 aromatic carbocycles. The van der Waals surface area contributed by atoms with E-state index in [9.17, 15) is 10.1 Å². The molecule has 0 aliphatic heterocycles. The molecule has 1 aromatic heterocycles. The Hall–Kier alpha value is -3.70. The number of hydrogen-bond donors (Lipinski definition) is 1. The number of anilines is 1. The highest BCUT2D eigenvalue weighted by Crippen LogP contribution is 2.18. The summed E-state index contributed by atoms with van der Waals surface area (Å²) >= 11 is 1.24. The van der Waals surface area contributed by atoms with Gasteiger partial charge in [-0.1, -0.05) is 29.5 Å². The van der Waals surface area contributed by atoms with E-state index < -0.39 is 5.91 Å². The zero-order valence-electron chi connectivity index (χ0n) is 17.5. The predicted octanol–water partition coefficient (Wildman–Crippen LogP) is 4.47. The molecule has 0 saturated heterocycles. The van der Waals surface area contributed by atoms with Crippen LogP contribution in [0.1, 0.15) is 21.7 Å². The van der Waals surface area contributed by atoms with Gasteiger partial charge in [0, 0.05) is 0 Å². The van der Waals surface area contributed by atoms with Crippen LogP contribution in [0.15, 0.2) is 48.0 Å². The lowest BCUT2D eigenvalue weighted by Crippen LogP contribution is -2.13. The van der Waals surface area contributed by atoms with E-state index in [1.165, 1.54) is 17.4 Å². The van der Waals surface area contributed by atoms with E-state index in [1.54, 1.807) is 31.2 Å². The first-order valence-electron chi connectivity index (χ1n) is 9.60. The monoisotopic (exact) mass is 434 g/mol. The van der Waals surface area contributed by atoms with E-state index in [-0.39, 0.29) is 5.57 Å². The molecule has 158 valence electrons. The molecule has 0 spiro atoms. The number of nitrogens with zero attached hydrogens (tertiary/aromatic N) is 3. The van der Waals surface area contributed by atoms with E-state index >= 15 is 0 Å². The molecule has 3 rings (SSSR count). The number of carbonyl (C=O) groups is 1. The Bertz CT molecular complexity index is 1110. The Morgan fingerprint density at radius 1 is 1.03 bits per heavy atom. The number of ether oxygens (including phenoxy) is 2. The molecule has 31 heavy (non-hydrogen) atoms. The predicted molar refractivity (Wildman–Crippen MR) is 120 cm³/mol. The van der Waals surface area contributed by atoms with E-state index in [0.717, 1.165) is 21.9 Å². The lowest BCUT2D eigenvalue weighted by Gasteiger charge is -2.10. The Kier molecular flexibility index (Phi) is 7.35. The van der Waals surface area contributed by atoms with Crippen molar-refractivity contribution in [2.75, 3.05) is 18.5 Å². The van der Waals surface area contributed by atoms with Gasteiger partial charge in [0.1, 0.15) is 41.4 Å². The van der Waals surface area contributed by atoms with Gasteiger partial charge in [0.15, 0.2) is 0 Å². The fourth-order valence-corrected chi connectivity index (χ4v) is 3.41. The van der Waals surface area contributed by atoms with Crippen molar-refractivity contribution in [3.8, 4) is 17.6 Å². The number of rotatable bonds is 8. The van der Waals surface area contributed by atoms with E-state index in [4.69, 9.17) is 9.47 Å². The van der Waals surface area contributed by atoms with Gasteiger partial charge < -0.3 is 9.47 Å². The van der Waals surface area contributed by atoms with Gasteiger partial charge in [0.2, 0.25) is 5.13 Å². The van der Waals surface area contributed by atoms with E-state index in [2.05, 4.69) is 21.6 Å². The quantitative estimate of drug-likeness (QED) is 0.319. The second-order valence-corrected chi connectivity index (χ2v) is 8.02. The molecule has 0 bridgehead atoms. The number of hydrogen-bond acceptors (Lipinski definition) is 7. The molecule has 1 heterocycles. The summed E-state index contributed by atoms with van der Waals surface area (Å²) in [7, 11) is 0. The summed E-state index contributed by atoms with van der Waals surface area (Å²) in [5.41, 5.74) is 2.99. The minimum absolute atomic E-state index is 0.0247. The molecule has 0 saturated carbocycles. The van der Waals surface area contributed by atoms with Crippen LogP contribution in [0.2, 0.25) is 0 Å². The first kappa shape index (κ1) is 22.0. The smallest absolute Gasteiger partial charge is 0.268 e. The summed E-state index contributed by atoms with van der Waals surface area (Å²) in [5.74, 6) is 0.976. The minimum Gasteiger partial charge on any atom is -0.490 e. The van der Waals surface area contributed by atoms with Crippen molar-refractivity contribution in [1.29, 1.82) is 5.26 Å². The van der Waals surface area contributed by atoms with Crippen LogP contribution in [0.3, 0.4) is 0 Å². The lowest BCUT2D eigenvalue weighted by atomic mass is 10.1. The highest BCUT2D eigenvalue weighted by Gasteiger charge is 2.12. The molecule has 0 unspecified atom stereocenters. The second kappa shape index (κ2) is 10.4. The zero-order chi connectivity index (χ0) is 22.2. The van der Waals surface area contributed by atoms with Crippen molar-refractivity contribution in [3.05, 3.63) is 69.7 Å². The molecule has 0 radical (unpaired) electrons. The third-order valence-electron chi connectivity index (χ3n) is 4.12. The standard InChI is InChI=1S/C23H22N4O3S/c1-15-10-16(2)12-21(11-15)30-9-8-29-20-6-4-18(5-7-20)13-19(14-24)22(28)25-23-27-26-17(3)31-23/h4-7,10-13H,8-9H2,1-3H3,(H,25,27,28)/b19-13-. The van der Waals surface area contributed by atoms with Crippen molar-refractivity contribution >= 4 is 28.5 Å². The average molecular weight is 435 g/mol. The third kappa shape index (κ3) is 6.66. The maximum absolute atomic E-state index is 12.3. The summed E-state index contributed by atoms with van der Waals surface area (Å²) in [5, 5.41) is 20.6. The van der Waals surface area contributed by atoms with Gasteiger partial charge in [0.05, 0.1) is 0 Å². The first-order valence-corrected chi connectivity index (χ1v) is 10.4. The maximum Gasteiger partial charge on any atom is 0.268 e. The van der Waals surface area contributed by atoms with Crippen molar-refractivity contribution in [2.24, 2.45) is 0 Å². The second-order valence-electron chi connectivity index (χ2n) is 6.84. The molecule has 3 aromatic rings. The maximum atomic E-state index is 12.3. The molecule has 0 atom stereocenters. The Labute approximate surface area is 185 Å². The highest BCUT2D eigenvalue weighted by molar-refractivity contribution is 7.15. The summed E-state index contributed by atoms with van der Waals surface area (Å²) < 4.78 is 11.4. The summed E-state index contributed by atoms with van der Waals surface area (Å²) in [6.07, 6.45) is 1.51. The van der Waals surface area contributed by atoms with Crippen molar-refractivity contribution < 1.29 is 14.3 Å². The molecule has 0 aliphatic carbocycles. The van der Waals surface area contributed by atoms with Gasteiger partial charge in [-0.2, -0.15) is 5.26 Å². The van der Waals surface area contributed by atoms with Gasteiger partial charge in [-0.15, -0.1) is 10.2 Å². The fourth-order valence-electron chi connectivity index (χ4n) is 2.82. The van der Waals surface area contributed by atoms with E-state index in [1.807, 2.05) is 32.0 Å². The number of nitrogens with one attached hydrogen (secondary N) is 1. The highest BCUT2D eigenvalue weighted by atomic mass is 32.1. The van der Waals surface area contributed by atoms with Crippen LogP contribution in [0.4, 0.5) is 5.13 Å². The van der Waals surface area contributed by atoms with Crippen LogP contribution in [0.25, 0.3) is 6.08 Å². The van der Waals surface area contributed by atoms with Gasteiger partial charge in [0.25, 0.3) is 5.91 Å². The number of benzene rings is 2. The number of carbonyl (C=O) groups excluding carboxylic acids is 1. The topological polar surface area (TPSA) is 97.1 Å². The van der Waals surface area contributed by atoms with Crippen LogP contribution in [0, 0.1) is 32.1 Å². The number of aryl methyl sites for hydroxylation is 3. The molecule has 1 amide bonds. The molecule has 1 N–H and O–H groups in total. The van der Waals surface area contributed by atoms with Crippen LogP contribution < -0.4 is 14.8 Å². The Balaban J connectivity index is 1.52. The summed E-state index contributed by atoms with van der Waals surface area (Å²) in [4.78, 5) is 12.3. The number of aromatic nitrogens is 2. The van der Waals surface area contributed by atoms with Gasteiger partial charge in [-0.05, 0) is 67.8 Å². The van der Waals surface area contributed by atoms with E-state index in [0.29, 0.717) is 29.7 Å². The third-order valence-corrected chi connectivity index (χ3v) is 4.87. The van der Waals surface area contributed by atoms with Crippen molar-refractivity contribution in [3.63, 3.8) is 0 Å². The first-order chi connectivity index (χ1) is 14.9. The van der Waals surface area contributed by atoms with Gasteiger partial charge in [-0.3, -0.25) is 10.1 Å². The molecule has 7 nitrogen and oxygen atoms in total. The molecule has 8 heteroatoms. The minimum atomic E-state index is -0.525. The normalized spacial score (nSPS) is 11.0. The SMILES string of the molecule is Cc1cc(C)cc(OCCOc2ccc(/C=C(/C#N)C(=O)Nc3nnc(C)s3)cc2)c1. The number of amides is 1. The molecular formula is C23H22N4O3S. The summed E-state index contributed by atoms with van der Waals surface area (Å²) in [6, 6.07) is 15.1. The van der Waals surface area contributed by atoms with Gasteiger partial charge >= 0.3 is 0 Å². The largest absolute Gasteiger partial charge is 0.490 e. The van der Waals surface area contributed by atoms with Gasteiger partial charge in [-0.25, -0.2) is 0 Å².